The van der Waals surface area contributed by atoms with Crippen LogP contribution in [0.2, 0.25) is 0 Å². The standard InChI is InChI=1S/C10H19.Cu/c1-4-6-8-10(3)9-7-5-2;/h3H,4-9H2,1-2H3;. The largest absolute Gasteiger partial charge is 0.0702 e. The number of unbranched alkanes of at least 4 members (excludes halogenated alkanes) is 2. The fourth-order valence-electron chi connectivity index (χ4n) is 0.933. The normalized spacial score (nSPS) is 8.91. The molecule has 0 unspecified atom stereocenters. The average Bonchev–Trinajstić information content (AvgIpc) is 1.97. The maximum atomic E-state index is 5.76. The van der Waals surface area contributed by atoms with Crippen LogP contribution in [0.4, 0.5) is 0 Å². The summed E-state index contributed by atoms with van der Waals surface area (Å²) >= 11 is 0. The zero-order chi connectivity index (χ0) is 7.82. The minimum atomic E-state index is 0. The number of hydrogen-bond acceptors (Lipinski definition) is 0. The zero-order valence-corrected chi connectivity index (χ0v) is 8.56. The summed E-state index contributed by atoms with van der Waals surface area (Å²) in [4.78, 5) is 0. The smallest absolute Gasteiger partial charge is 0 e. The Hall–Kier alpha value is 0.259. The Morgan fingerprint density at radius 1 is 1.00 bits per heavy atom. The van der Waals surface area contributed by atoms with Gasteiger partial charge in [0.15, 0.2) is 0 Å². The quantitative estimate of drug-likeness (QED) is 0.576. The fourth-order valence-corrected chi connectivity index (χ4v) is 0.933. The van der Waals surface area contributed by atoms with Crippen LogP contribution in [0.15, 0.2) is 5.57 Å². The summed E-state index contributed by atoms with van der Waals surface area (Å²) in [5, 5.41) is 0. The van der Waals surface area contributed by atoms with Gasteiger partial charge in [-0.2, -0.15) is 0 Å². The van der Waals surface area contributed by atoms with Gasteiger partial charge < -0.3 is 0 Å². The number of allylic oxidation sites excluding steroid dienone is 1. The van der Waals surface area contributed by atoms with Crippen molar-refractivity contribution in [3.05, 3.63) is 12.2 Å². The van der Waals surface area contributed by atoms with Crippen LogP contribution in [-0.4, -0.2) is 0 Å². The van der Waals surface area contributed by atoms with Gasteiger partial charge >= 0.3 is 0 Å². The van der Waals surface area contributed by atoms with Gasteiger partial charge in [-0.3, -0.25) is 0 Å². The Morgan fingerprint density at radius 3 is 1.64 bits per heavy atom. The summed E-state index contributed by atoms with van der Waals surface area (Å²) in [6, 6.07) is 0. The van der Waals surface area contributed by atoms with E-state index in [2.05, 4.69) is 13.8 Å². The molecule has 2 radical (unpaired) electrons. The summed E-state index contributed by atoms with van der Waals surface area (Å²) in [6.45, 7) is 10.2. The van der Waals surface area contributed by atoms with Crippen molar-refractivity contribution in [2.45, 2.75) is 52.4 Å². The van der Waals surface area contributed by atoms with Crippen LogP contribution in [0.5, 0.6) is 0 Å². The summed E-state index contributed by atoms with van der Waals surface area (Å²) in [5.41, 5.74) is 1.20. The molecule has 1 heteroatoms. The summed E-state index contributed by atoms with van der Waals surface area (Å²) in [6.07, 6.45) is 7.30. The van der Waals surface area contributed by atoms with Crippen molar-refractivity contribution >= 4 is 0 Å². The van der Waals surface area contributed by atoms with Crippen LogP contribution < -0.4 is 0 Å². The molecule has 0 bridgehead atoms. The first-order valence-corrected chi connectivity index (χ1v) is 4.41. The number of rotatable bonds is 6. The van der Waals surface area contributed by atoms with Crippen molar-refractivity contribution in [3.63, 3.8) is 0 Å². The molecule has 0 rings (SSSR count). The van der Waals surface area contributed by atoms with Crippen molar-refractivity contribution in [2.24, 2.45) is 0 Å². The van der Waals surface area contributed by atoms with Gasteiger partial charge in [-0.25, -0.2) is 0 Å². The molecule has 0 aromatic rings. The first-order valence-electron chi connectivity index (χ1n) is 4.41. The van der Waals surface area contributed by atoms with Gasteiger partial charge in [-0.1, -0.05) is 38.8 Å². The first-order chi connectivity index (χ1) is 4.81. The molecule has 0 amide bonds. The van der Waals surface area contributed by atoms with Crippen molar-refractivity contribution in [1.82, 2.24) is 0 Å². The summed E-state index contributed by atoms with van der Waals surface area (Å²) in [5.74, 6) is 0. The van der Waals surface area contributed by atoms with E-state index >= 15 is 0 Å². The van der Waals surface area contributed by atoms with Crippen LogP contribution in [0.25, 0.3) is 0 Å². The van der Waals surface area contributed by atoms with Crippen molar-refractivity contribution in [3.8, 4) is 0 Å². The van der Waals surface area contributed by atoms with E-state index in [1.807, 2.05) is 0 Å². The van der Waals surface area contributed by atoms with Crippen molar-refractivity contribution in [2.75, 3.05) is 0 Å². The van der Waals surface area contributed by atoms with Crippen LogP contribution in [0.1, 0.15) is 52.4 Å². The molecule has 11 heavy (non-hydrogen) atoms. The van der Waals surface area contributed by atoms with E-state index in [9.17, 15) is 0 Å². The Bertz CT molecular complexity index is 76.9. The molecule has 0 aromatic heterocycles. The van der Waals surface area contributed by atoms with Crippen LogP contribution in [0.3, 0.4) is 0 Å². The van der Waals surface area contributed by atoms with E-state index in [0.29, 0.717) is 0 Å². The topological polar surface area (TPSA) is 0 Å². The van der Waals surface area contributed by atoms with E-state index < -0.39 is 0 Å². The van der Waals surface area contributed by atoms with E-state index in [0.717, 1.165) is 12.8 Å². The van der Waals surface area contributed by atoms with Crippen LogP contribution >= 0.6 is 0 Å². The first kappa shape index (κ1) is 13.8. The SMILES string of the molecule is [CH]=C(CCCC)CCCC.[Cu]. The molecule has 0 aromatic carbocycles. The molecule has 0 N–H and O–H groups in total. The van der Waals surface area contributed by atoms with Crippen molar-refractivity contribution < 1.29 is 17.1 Å². The molecule has 0 saturated heterocycles. The van der Waals surface area contributed by atoms with Gasteiger partial charge in [0.25, 0.3) is 0 Å². The predicted octanol–water partition coefficient (Wildman–Crippen LogP) is 3.72. The second kappa shape index (κ2) is 10.3. The molecule has 0 aliphatic heterocycles. The molecule has 0 heterocycles. The molecule has 0 spiro atoms. The zero-order valence-electron chi connectivity index (χ0n) is 7.62. The second-order valence-electron chi connectivity index (χ2n) is 2.87. The average molecular weight is 203 g/mol. The maximum absolute atomic E-state index is 5.76. The van der Waals surface area contributed by atoms with Gasteiger partial charge in [0, 0.05) is 17.1 Å². The summed E-state index contributed by atoms with van der Waals surface area (Å²) in [7, 11) is 0. The monoisotopic (exact) mass is 202 g/mol. The Balaban J connectivity index is 0. The van der Waals surface area contributed by atoms with Crippen LogP contribution in [-0.2, 0) is 17.1 Å². The van der Waals surface area contributed by atoms with E-state index in [4.69, 9.17) is 6.58 Å². The second-order valence-corrected chi connectivity index (χ2v) is 2.87. The van der Waals surface area contributed by atoms with Crippen molar-refractivity contribution in [1.29, 1.82) is 0 Å². The minimum Gasteiger partial charge on any atom is -0.0702 e. The third-order valence-electron chi connectivity index (χ3n) is 1.70. The Morgan fingerprint density at radius 2 is 1.36 bits per heavy atom. The molecule has 0 saturated carbocycles. The molecule has 70 valence electrons. The van der Waals surface area contributed by atoms with E-state index in [1.165, 1.54) is 31.3 Å². The Kier molecular flexibility index (Phi) is 12.9. The van der Waals surface area contributed by atoms with E-state index in [-0.39, 0.29) is 17.1 Å². The van der Waals surface area contributed by atoms with Gasteiger partial charge in [-0.15, -0.1) is 0 Å². The third-order valence-corrected chi connectivity index (χ3v) is 1.70. The predicted molar refractivity (Wildman–Crippen MR) is 46.9 cm³/mol. The molecule has 0 atom stereocenters. The number of hydrogen-bond donors (Lipinski definition) is 0. The summed E-state index contributed by atoms with van der Waals surface area (Å²) < 4.78 is 0. The molecular formula is C10H19Cu. The molecular weight excluding hydrogens is 184 g/mol. The molecule has 0 aliphatic rings. The van der Waals surface area contributed by atoms with Gasteiger partial charge in [0.2, 0.25) is 0 Å². The maximum Gasteiger partial charge on any atom is 0 e. The van der Waals surface area contributed by atoms with Crippen LogP contribution in [0, 0.1) is 6.58 Å². The minimum absolute atomic E-state index is 0. The third kappa shape index (κ3) is 10.3. The van der Waals surface area contributed by atoms with Gasteiger partial charge in [-0.05, 0) is 25.7 Å². The molecule has 0 nitrogen and oxygen atoms in total. The van der Waals surface area contributed by atoms with E-state index in [1.54, 1.807) is 0 Å². The Labute approximate surface area is 81.9 Å². The van der Waals surface area contributed by atoms with Gasteiger partial charge in [0.1, 0.15) is 0 Å². The molecule has 0 fully saturated rings. The fraction of sp³-hybridized carbons (Fsp3) is 0.800. The molecule has 0 aliphatic carbocycles. The van der Waals surface area contributed by atoms with Gasteiger partial charge in [0.05, 0.1) is 0 Å².